The van der Waals surface area contributed by atoms with Crippen molar-refractivity contribution in [1.29, 1.82) is 0 Å². The van der Waals surface area contributed by atoms with Gasteiger partial charge in [0.1, 0.15) is 22.4 Å². The highest BCUT2D eigenvalue weighted by molar-refractivity contribution is 6.07. The molecule has 2 heterocycles. The summed E-state index contributed by atoms with van der Waals surface area (Å²) in [6, 6.07) is 4.99. The third-order valence-corrected chi connectivity index (χ3v) is 3.57. The van der Waals surface area contributed by atoms with Crippen LogP contribution in [0.4, 0.5) is 5.69 Å². The minimum absolute atomic E-state index is 0.119. The number of aryl methyl sites for hydroxylation is 1. The van der Waals surface area contributed by atoms with Gasteiger partial charge in [0, 0.05) is 6.92 Å². The summed E-state index contributed by atoms with van der Waals surface area (Å²) in [5.74, 6) is -1.73. The van der Waals surface area contributed by atoms with E-state index in [0.29, 0.717) is 22.7 Å². The number of hydrogen-bond donors (Lipinski definition) is 2. The van der Waals surface area contributed by atoms with E-state index in [2.05, 4.69) is 14.4 Å². The number of nitrogens with zero attached hydrogens (tertiary/aromatic N) is 2. The zero-order valence-electron chi connectivity index (χ0n) is 13.7. The molecular weight excluding hydrogens is 328 g/mol. The minimum atomic E-state index is -1.00. The Hall–Kier alpha value is -3.42. The molecular formula is C17H14N2O6. The number of aliphatic imine (C=N–C) groups is 1. The third-order valence-electron chi connectivity index (χ3n) is 3.57. The van der Waals surface area contributed by atoms with Gasteiger partial charge in [-0.3, -0.25) is 9.79 Å². The molecule has 0 aliphatic rings. The van der Waals surface area contributed by atoms with E-state index in [4.69, 9.17) is 4.42 Å². The van der Waals surface area contributed by atoms with E-state index in [0.717, 1.165) is 6.92 Å². The van der Waals surface area contributed by atoms with E-state index in [9.17, 15) is 19.8 Å². The largest absolute Gasteiger partial charge is 0.506 e. The number of carbonyl (C=O) groups excluding carboxylic acids is 1. The van der Waals surface area contributed by atoms with Gasteiger partial charge >= 0.3 is 5.63 Å². The molecule has 0 aliphatic heterocycles. The standard InChI is InChI=1S/C17H14N2O6/c1-7(13-15(21)14(8(2)20)17(23)25-16(13)22)18-10-4-5-12-11(6-10)19-9(3)24-12/h4-6,21,23H,1-3H3. The maximum absolute atomic E-state index is 12.0. The van der Waals surface area contributed by atoms with E-state index in [1.54, 1.807) is 25.1 Å². The maximum atomic E-state index is 12.0. The van der Waals surface area contributed by atoms with Crippen LogP contribution in [0.1, 0.15) is 35.7 Å². The van der Waals surface area contributed by atoms with Crippen molar-refractivity contribution in [3.05, 3.63) is 45.6 Å². The van der Waals surface area contributed by atoms with Crippen LogP contribution in [-0.4, -0.2) is 26.7 Å². The number of benzene rings is 1. The van der Waals surface area contributed by atoms with Crippen molar-refractivity contribution >= 4 is 28.3 Å². The average molecular weight is 342 g/mol. The molecule has 3 rings (SSSR count). The Morgan fingerprint density at radius 1 is 1.16 bits per heavy atom. The summed E-state index contributed by atoms with van der Waals surface area (Å²) in [5.41, 5.74) is 0.0199. The van der Waals surface area contributed by atoms with Gasteiger partial charge in [0.05, 0.1) is 11.4 Å². The molecule has 0 atom stereocenters. The summed E-state index contributed by atoms with van der Waals surface area (Å²) in [6.45, 7) is 4.33. The smallest absolute Gasteiger partial charge is 0.351 e. The normalized spacial score (nSPS) is 11.9. The lowest BCUT2D eigenvalue weighted by atomic mass is 10.1. The van der Waals surface area contributed by atoms with Gasteiger partial charge in [-0.1, -0.05) is 0 Å². The molecule has 0 radical (unpaired) electrons. The predicted molar refractivity (Wildman–Crippen MR) is 88.9 cm³/mol. The fourth-order valence-electron chi connectivity index (χ4n) is 2.50. The molecule has 2 N–H and O–H groups in total. The van der Waals surface area contributed by atoms with Crippen molar-refractivity contribution in [2.45, 2.75) is 20.8 Å². The Morgan fingerprint density at radius 3 is 2.56 bits per heavy atom. The number of oxazole rings is 1. The van der Waals surface area contributed by atoms with Crippen molar-refractivity contribution in [1.82, 2.24) is 4.98 Å². The molecule has 0 saturated carbocycles. The van der Waals surface area contributed by atoms with Gasteiger partial charge in [-0.2, -0.15) is 0 Å². The zero-order valence-corrected chi connectivity index (χ0v) is 13.7. The van der Waals surface area contributed by atoms with Crippen LogP contribution in [0.3, 0.4) is 0 Å². The molecule has 0 spiro atoms. The first kappa shape index (κ1) is 16.4. The molecule has 0 saturated heterocycles. The summed E-state index contributed by atoms with van der Waals surface area (Å²) in [5, 5.41) is 19.7. The number of carbonyl (C=O) groups is 1. The Labute approximate surface area is 141 Å². The van der Waals surface area contributed by atoms with E-state index in [1.165, 1.54) is 6.92 Å². The average Bonchev–Trinajstić information content (AvgIpc) is 2.85. The highest BCUT2D eigenvalue weighted by Crippen LogP contribution is 2.30. The topological polar surface area (TPSA) is 126 Å². The molecule has 0 amide bonds. The molecule has 2 aromatic heterocycles. The van der Waals surface area contributed by atoms with Crippen LogP contribution in [0, 0.1) is 6.92 Å². The Bertz CT molecular complexity index is 1090. The fraction of sp³-hybridized carbons (Fsp3) is 0.176. The van der Waals surface area contributed by atoms with Crippen molar-refractivity contribution < 1.29 is 23.8 Å². The summed E-state index contributed by atoms with van der Waals surface area (Å²) in [7, 11) is 0. The fourth-order valence-corrected chi connectivity index (χ4v) is 2.50. The first-order valence-electron chi connectivity index (χ1n) is 7.30. The second kappa shape index (κ2) is 5.90. The van der Waals surface area contributed by atoms with Gasteiger partial charge in [0.15, 0.2) is 17.3 Å². The highest BCUT2D eigenvalue weighted by Gasteiger charge is 2.24. The van der Waals surface area contributed by atoms with Gasteiger partial charge in [-0.05, 0) is 32.0 Å². The summed E-state index contributed by atoms with van der Waals surface area (Å²) in [4.78, 5) is 32.0. The van der Waals surface area contributed by atoms with Gasteiger partial charge in [-0.15, -0.1) is 0 Å². The van der Waals surface area contributed by atoms with Gasteiger partial charge < -0.3 is 19.0 Å². The zero-order chi connectivity index (χ0) is 18.3. The van der Waals surface area contributed by atoms with Crippen molar-refractivity contribution in [2.24, 2.45) is 4.99 Å². The molecule has 8 heteroatoms. The Balaban J connectivity index is 2.14. The Kier molecular flexibility index (Phi) is 3.88. The molecule has 3 aromatic rings. The third kappa shape index (κ3) is 2.89. The summed E-state index contributed by atoms with van der Waals surface area (Å²) >= 11 is 0. The molecule has 128 valence electrons. The number of fused-ring (bicyclic) bond motifs is 1. The van der Waals surface area contributed by atoms with Gasteiger partial charge in [-0.25, -0.2) is 9.78 Å². The SMILES string of the molecule is CC(=O)c1c(O)oc(=O)c(C(C)=Nc2ccc3oc(C)nc3c2)c1O. The molecule has 0 bridgehead atoms. The lowest BCUT2D eigenvalue weighted by Gasteiger charge is -2.07. The van der Waals surface area contributed by atoms with Gasteiger partial charge in [0.2, 0.25) is 0 Å². The highest BCUT2D eigenvalue weighted by atomic mass is 16.5. The molecule has 1 aromatic carbocycles. The second-order valence-electron chi connectivity index (χ2n) is 5.43. The van der Waals surface area contributed by atoms with E-state index >= 15 is 0 Å². The first-order chi connectivity index (χ1) is 11.8. The van der Waals surface area contributed by atoms with Crippen molar-refractivity contribution in [3.8, 4) is 11.7 Å². The number of Topliss-reactive ketones (excluding diaryl/α,β-unsaturated/α-hetero) is 1. The number of aromatic hydroxyl groups is 2. The monoisotopic (exact) mass is 342 g/mol. The van der Waals surface area contributed by atoms with Crippen LogP contribution in [0.25, 0.3) is 11.1 Å². The van der Waals surface area contributed by atoms with Gasteiger partial charge in [0.25, 0.3) is 5.95 Å². The van der Waals surface area contributed by atoms with Crippen LogP contribution >= 0.6 is 0 Å². The van der Waals surface area contributed by atoms with Crippen LogP contribution in [-0.2, 0) is 0 Å². The van der Waals surface area contributed by atoms with Crippen LogP contribution < -0.4 is 5.63 Å². The second-order valence-corrected chi connectivity index (χ2v) is 5.43. The van der Waals surface area contributed by atoms with Crippen molar-refractivity contribution in [2.75, 3.05) is 0 Å². The summed E-state index contributed by atoms with van der Waals surface area (Å²) < 4.78 is 10.0. The predicted octanol–water partition coefficient (Wildman–Crippen LogP) is 2.84. The number of aromatic nitrogens is 1. The Morgan fingerprint density at radius 2 is 1.88 bits per heavy atom. The van der Waals surface area contributed by atoms with E-state index in [1.807, 2.05) is 0 Å². The number of ketones is 1. The quantitative estimate of drug-likeness (QED) is 0.553. The molecule has 0 aliphatic carbocycles. The lowest BCUT2D eigenvalue weighted by molar-refractivity contribution is 0.100. The molecule has 8 nitrogen and oxygen atoms in total. The molecule has 0 unspecified atom stereocenters. The van der Waals surface area contributed by atoms with E-state index in [-0.39, 0.29) is 11.3 Å². The van der Waals surface area contributed by atoms with Crippen LogP contribution in [0.5, 0.6) is 11.7 Å². The number of rotatable bonds is 3. The number of hydrogen-bond acceptors (Lipinski definition) is 8. The molecule has 0 fully saturated rings. The first-order valence-corrected chi connectivity index (χ1v) is 7.30. The van der Waals surface area contributed by atoms with Crippen molar-refractivity contribution in [3.63, 3.8) is 0 Å². The van der Waals surface area contributed by atoms with Crippen LogP contribution in [0.15, 0.2) is 36.8 Å². The minimum Gasteiger partial charge on any atom is -0.506 e. The lowest BCUT2D eigenvalue weighted by Crippen LogP contribution is -2.15. The molecule has 25 heavy (non-hydrogen) atoms. The maximum Gasteiger partial charge on any atom is 0.351 e. The summed E-state index contributed by atoms with van der Waals surface area (Å²) in [6.07, 6.45) is 0. The van der Waals surface area contributed by atoms with E-state index < -0.39 is 28.7 Å². The van der Waals surface area contributed by atoms with Crippen LogP contribution in [0.2, 0.25) is 0 Å².